The van der Waals surface area contributed by atoms with Crippen molar-refractivity contribution in [3.8, 4) is 0 Å². The molecule has 0 aromatic carbocycles. The average Bonchev–Trinajstić information content (AvgIpc) is 2.62. The van der Waals surface area contributed by atoms with Crippen LogP contribution in [0.3, 0.4) is 0 Å². The molecule has 0 amide bonds. The van der Waals surface area contributed by atoms with Crippen molar-refractivity contribution in [1.82, 2.24) is 15.5 Å². The van der Waals surface area contributed by atoms with Gasteiger partial charge in [-0.05, 0) is 51.1 Å². The van der Waals surface area contributed by atoms with E-state index < -0.39 is 0 Å². The lowest BCUT2D eigenvalue weighted by molar-refractivity contribution is 0.0461. The fourth-order valence-electron chi connectivity index (χ4n) is 3.00. The van der Waals surface area contributed by atoms with Gasteiger partial charge in [0.25, 0.3) is 0 Å². The van der Waals surface area contributed by atoms with E-state index in [0.717, 1.165) is 11.7 Å². The minimum Gasteiger partial charge on any atom is -0.339 e. The third-order valence-corrected chi connectivity index (χ3v) is 3.92. The molecule has 2 fully saturated rings. The zero-order valence-electron chi connectivity index (χ0n) is 9.12. The Hall–Kier alpha value is -0.900. The summed E-state index contributed by atoms with van der Waals surface area (Å²) in [6.07, 6.45) is 5.12. The lowest BCUT2D eigenvalue weighted by Crippen LogP contribution is -2.44. The van der Waals surface area contributed by atoms with Gasteiger partial charge < -0.3 is 9.84 Å². The molecule has 15 heavy (non-hydrogen) atoms. The van der Waals surface area contributed by atoms with Crippen molar-refractivity contribution in [3.05, 3.63) is 11.7 Å². The molecule has 0 atom stereocenters. The van der Waals surface area contributed by atoms with Gasteiger partial charge in [0, 0.05) is 5.92 Å². The van der Waals surface area contributed by atoms with Crippen LogP contribution < -0.4 is 5.32 Å². The zero-order chi connectivity index (χ0) is 10.3. The average molecular weight is 207 g/mol. The van der Waals surface area contributed by atoms with E-state index in [4.69, 9.17) is 4.52 Å². The first-order valence-corrected chi connectivity index (χ1v) is 5.78. The van der Waals surface area contributed by atoms with Crippen LogP contribution in [-0.2, 0) is 0 Å². The molecule has 4 heteroatoms. The van der Waals surface area contributed by atoms with Crippen LogP contribution in [0.2, 0.25) is 0 Å². The lowest BCUT2D eigenvalue weighted by Gasteiger charge is -2.49. The van der Waals surface area contributed by atoms with Gasteiger partial charge in [-0.1, -0.05) is 5.16 Å². The SMILES string of the molecule is Cc1noc(C2CC3(CCNCC3)C2)n1. The van der Waals surface area contributed by atoms with Gasteiger partial charge in [0.15, 0.2) is 5.82 Å². The summed E-state index contributed by atoms with van der Waals surface area (Å²) in [5.41, 5.74) is 0.596. The molecule has 1 spiro atoms. The van der Waals surface area contributed by atoms with Crippen LogP contribution in [0, 0.1) is 12.3 Å². The second-order valence-electron chi connectivity index (χ2n) is 5.04. The Balaban J connectivity index is 1.65. The minimum atomic E-state index is 0.532. The second kappa shape index (κ2) is 3.30. The third-order valence-electron chi connectivity index (χ3n) is 3.92. The van der Waals surface area contributed by atoms with E-state index in [0.29, 0.717) is 11.3 Å². The van der Waals surface area contributed by atoms with Crippen molar-refractivity contribution in [2.75, 3.05) is 13.1 Å². The fraction of sp³-hybridized carbons (Fsp3) is 0.818. The Morgan fingerprint density at radius 3 is 2.67 bits per heavy atom. The number of piperidine rings is 1. The van der Waals surface area contributed by atoms with Crippen LogP contribution in [0.5, 0.6) is 0 Å². The van der Waals surface area contributed by atoms with Gasteiger partial charge in [0.1, 0.15) is 0 Å². The molecule has 1 N–H and O–H groups in total. The van der Waals surface area contributed by atoms with Crippen LogP contribution in [0.15, 0.2) is 4.52 Å². The number of aromatic nitrogens is 2. The highest BCUT2D eigenvalue weighted by atomic mass is 16.5. The van der Waals surface area contributed by atoms with E-state index in [1.54, 1.807) is 0 Å². The van der Waals surface area contributed by atoms with Crippen LogP contribution in [0.25, 0.3) is 0 Å². The number of aryl methyl sites for hydroxylation is 1. The maximum Gasteiger partial charge on any atom is 0.229 e. The number of rotatable bonds is 1. The predicted molar refractivity (Wildman–Crippen MR) is 55.5 cm³/mol. The summed E-state index contributed by atoms with van der Waals surface area (Å²) in [4.78, 5) is 4.32. The van der Waals surface area contributed by atoms with Gasteiger partial charge in [-0.25, -0.2) is 0 Å². The summed E-state index contributed by atoms with van der Waals surface area (Å²) in [7, 11) is 0. The van der Waals surface area contributed by atoms with Gasteiger partial charge >= 0.3 is 0 Å². The van der Waals surface area contributed by atoms with Crippen LogP contribution in [-0.4, -0.2) is 23.2 Å². The molecule has 1 aromatic heterocycles. The summed E-state index contributed by atoms with van der Waals surface area (Å²) in [6, 6.07) is 0. The largest absolute Gasteiger partial charge is 0.339 e. The highest BCUT2D eigenvalue weighted by Gasteiger charge is 2.47. The molecule has 2 aliphatic rings. The van der Waals surface area contributed by atoms with E-state index in [2.05, 4.69) is 15.5 Å². The highest BCUT2D eigenvalue weighted by Crippen LogP contribution is 2.55. The number of hydrogen-bond acceptors (Lipinski definition) is 4. The molecule has 0 radical (unpaired) electrons. The number of nitrogens with zero attached hydrogens (tertiary/aromatic N) is 2. The molecular weight excluding hydrogens is 190 g/mol. The lowest BCUT2D eigenvalue weighted by atomic mass is 9.58. The molecule has 1 aliphatic carbocycles. The Labute approximate surface area is 89.4 Å². The predicted octanol–water partition coefficient (Wildman–Crippen LogP) is 1.63. The third kappa shape index (κ3) is 1.57. The van der Waals surface area contributed by atoms with E-state index in [1.165, 1.54) is 38.8 Å². The molecule has 1 saturated carbocycles. The Kier molecular flexibility index (Phi) is 2.06. The van der Waals surface area contributed by atoms with Crippen molar-refractivity contribution < 1.29 is 4.52 Å². The summed E-state index contributed by atoms with van der Waals surface area (Å²) < 4.78 is 5.23. The van der Waals surface area contributed by atoms with Crippen LogP contribution >= 0.6 is 0 Å². The number of hydrogen-bond donors (Lipinski definition) is 1. The zero-order valence-corrected chi connectivity index (χ0v) is 9.12. The molecule has 1 aliphatic heterocycles. The summed E-state index contributed by atoms with van der Waals surface area (Å²) in [5.74, 6) is 2.15. The Bertz CT molecular complexity index is 346. The number of nitrogens with one attached hydrogen (secondary N) is 1. The second-order valence-corrected chi connectivity index (χ2v) is 5.04. The first kappa shape index (κ1) is 9.33. The van der Waals surface area contributed by atoms with Crippen molar-refractivity contribution in [2.24, 2.45) is 5.41 Å². The molecular formula is C11H17N3O. The maximum atomic E-state index is 5.23. The molecule has 0 bridgehead atoms. The molecule has 4 nitrogen and oxygen atoms in total. The molecule has 0 unspecified atom stereocenters. The van der Waals surface area contributed by atoms with Crippen molar-refractivity contribution in [3.63, 3.8) is 0 Å². The molecule has 82 valence electrons. The quantitative estimate of drug-likeness (QED) is 0.760. The smallest absolute Gasteiger partial charge is 0.229 e. The first-order chi connectivity index (χ1) is 7.27. The van der Waals surface area contributed by atoms with Gasteiger partial charge in [-0.2, -0.15) is 4.98 Å². The molecule has 3 rings (SSSR count). The van der Waals surface area contributed by atoms with Gasteiger partial charge in [-0.15, -0.1) is 0 Å². The molecule has 1 aromatic rings. The summed E-state index contributed by atoms with van der Waals surface area (Å²) >= 11 is 0. The van der Waals surface area contributed by atoms with E-state index in [1.807, 2.05) is 6.92 Å². The summed E-state index contributed by atoms with van der Waals surface area (Å²) in [6.45, 7) is 4.23. The standard InChI is InChI=1S/C11H17N3O/c1-8-13-10(15-14-8)9-6-11(7-9)2-4-12-5-3-11/h9,12H,2-7H2,1H3. The fourth-order valence-corrected chi connectivity index (χ4v) is 3.00. The van der Waals surface area contributed by atoms with Crippen molar-refractivity contribution in [2.45, 2.75) is 38.5 Å². The van der Waals surface area contributed by atoms with Gasteiger partial charge in [0.2, 0.25) is 5.89 Å². The van der Waals surface area contributed by atoms with E-state index in [-0.39, 0.29) is 0 Å². The van der Waals surface area contributed by atoms with Crippen molar-refractivity contribution in [1.29, 1.82) is 0 Å². The van der Waals surface area contributed by atoms with Crippen LogP contribution in [0.1, 0.15) is 43.3 Å². The topological polar surface area (TPSA) is 51.0 Å². The molecule has 2 heterocycles. The monoisotopic (exact) mass is 207 g/mol. The van der Waals surface area contributed by atoms with Gasteiger partial charge in [-0.3, -0.25) is 0 Å². The van der Waals surface area contributed by atoms with E-state index >= 15 is 0 Å². The van der Waals surface area contributed by atoms with E-state index in [9.17, 15) is 0 Å². The highest BCUT2D eigenvalue weighted by molar-refractivity contribution is 5.07. The minimum absolute atomic E-state index is 0.532. The Morgan fingerprint density at radius 1 is 1.33 bits per heavy atom. The maximum absolute atomic E-state index is 5.23. The van der Waals surface area contributed by atoms with Gasteiger partial charge in [0.05, 0.1) is 0 Å². The Morgan fingerprint density at radius 2 is 2.07 bits per heavy atom. The van der Waals surface area contributed by atoms with Crippen molar-refractivity contribution >= 4 is 0 Å². The normalized spacial score (nSPS) is 25.4. The first-order valence-electron chi connectivity index (χ1n) is 5.78. The summed E-state index contributed by atoms with van der Waals surface area (Å²) in [5, 5.41) is 7.27. The molecule has 1 saturated heterocycles. The van der Waals surface area contributed by atoms with Crippen LogP contribution in [0.4, 0.5) is 0 Å².